The van der Waals surface area contributed by atoms with Crippen LogP contribution in [0.5, 0.6) is 0 Å². The zero-order chi connectivity index (χ0) is 8.55. The lowest BCUT2D eigenvalue weighted by molar-refractivity contribution is 1.40. The molecule has 0 bridgehead atoms. The summed E-state index contributed by atoms with van der Waals surface area (Å²) < 4.78 is 1.00. The summed E-state index contributed by atoms with van der Waals surface area (Å²) in [5.41, 5.74) is 7.24. The van der Waals surface area contributed by atoms with Crippen molar-refractivity contribution in [1.29, 1.82) is 0 Å². The molecule has 2 rings (SSSR count). The largest absolute Gasteiger partial charge is 0.397 e. The summed E-state index contributed by atoms with van der Waals surface area (Å²) in [6.07, 6.45) is 1.66. The molecular weight excluding hydrogens is 287 g/mol. The Morgan fingerprint density at radius 1 is 1.21 bits per heavy atom. The highest BCUT2D eigenvalue weighted by Gasteiger charge is 1.98. The summed E-state index contributed by atoms with van der Waals surface area (Å²) in [5.74, 6) is 0. The van der Waals surface area contributed by atoms with Gasteiger partial charge in [0.2, 0.25) is 0 Å². The summed E-state index contributed by atoms with van der Waals surface area (Å²) in [7, 11) is 0. The van der Waals surface area contributed by atoms with Crippen LogP contribution in [0.15, 0.2) is 34.9 Å². The molecule has 76 valence electrons. The number of rotatable bonds is 0. The van der Waals surface area contributed by atoms with Crippen LogP contribution in [0, 0.1) is 0 Å². The first-order valence-corrected chi connectivity index (χ1v) is 4.36. The molecule has 0 aliphatic carbocycles. The molecule has 0 aliphatic heterocycles. The van der Waals surface area contributed by atoms with Gasteiger partial charge in [-0.2, -0.15) is 0 Å². The molecule has 1 aromatic carbocycles. The van der Waals surface area contributed by atoms with Crippen LogP contribution in [0.4, 0.5) is 5.69 Å². The van der Waals surface area contributed by atoms with E-state index in [9.17, 15) is 0 Å². The number of aromatic nitrogens is 1. The number of benzene rings is 1. The minimum absolute atomic E-state index is 0. The van der Waals surface area contributed by atoms with Gasteiger partial charge in [0.15, 0.2) is 0 Å². The lowest BCUT2D eigenvalue weighted by Gasteiger charge is -1.99. The van der Waals surface area contributed by atoms with Crippen molar-refractivity contribution in [2.75, 3.05) is 5.73 Å². The summed E-state index contributed by atoms with van der Waals surface area (Å²) >= 11 is 3.42. The van der Waals surface area contributed by atoms with Gasteiger partial charge in [0.25, 0.3) is 0 Å². The highest BCUT2D eigenvalue weighted by Crippen LogP contribution is 2.22. The van der Waals surface area contributed by atoms with Gasteiger partial charge in [0, 0.05) is 9.86 Å². The van der Waals surface area contributed by atoms with Crippen molar-refractivity contribution in [2.45, 2.75) is 0 Å². The van der Waals surface area contributed by atoms with Crippen LogP contribution >= 0.6 is 40.7 Å². The first-order valence-electron chi connectivity index (χ1n) is 3.57. The Kier molecular flexibility index (Phi) is 5.19. The van der Waals surface area contributed by atoms with Crippen LogP contribution in [0.3, 0.4) is 0 Å². The summed E-state index contributed by atoms with van der Waals surface area (Å²) in [6, 6.07) is 7.83. The molecule has 0 atom stereocenters. The maximum absolute atomic E-state index is 5.60. The fraction of sp³-hybridized carbons (Fsp3) is 0. The Bertz CT molecular complexity index is 434. The average molecular weight is 296 g/mol. The maximum Gasteiger partial charge on any atom is 0.0845 e. The molecule has 1 heterocycles. The van der Waals surface area contributed by atoms with Gasteiger partial charge in [-0.1, -0.05) is 12.1 Å². The minimum Gasteiger partial charge on any atom is -0.397 e. The fourth-order valence-corrected chi connectivity index (χ4v) is 1.62. The zero-order valence-electron chi connectivity index (χ0n) is 7.11. The van der Waals surface area contributed by atoms with E-state index in [2.05, 4.69) is 20.9 Å². The van der Waals surface area contributed by atoms with Crippen molar-refractivity contribution < 1.29 is 0 Å². The molecule has 0 radical (unpaired) electrons. The molecule has 5 heteroatoms. The molecule has 0 fully saturated rings. The second-order valence-electron chi connectivity index (χ2n) is 2.58. The molecule has 2 nitrogen and oxygen atoms in total. The SMILES string of the molecule is Cl.Cl.Nc1cnc2c(Br)cccc2c1. The third-order valence-corrected chi connectivity index (χ3v) is 2.32. The number of nitrogen functional groups attached to an aromatic ring is 1. The molecule has 0 unspecified atom stereocenters. The smallest absolute Gasteiger partial charge is 0.0845 e. The Hall–Kier alpha value is -0.510. The minimum atomic E-state index is 0. The van der Waals surface area contributed by atoms with Crippen LogP contribution in [0.1, 0.15) is 0 Å². The van der Waals surface area contributed by atoms with E-state index in [0.29, 0.717) is 5.69 Å². The molecule has 2 N–H and O–H groups in total. The van der Waals surface area contributed by atoms with Crippen molar-refractivity contribution >= 4 is 57.3 Å². The number of hydrogen-bond donors (Lipinski definition) is 1. The van der Waals surface area contributed by atoms with E-state index in [1.807, 2.05) is 24.3 Å². The highest BCUT2D eigenvalue weighted by atomic mass is 79.9. The summed E-state index contributed by atoms with van der Waals surface area (Å²) in [4.78, 5) is 4.21. The van der Waals surface area contributed by atoms with Crippen molar-refractivity contribution in [3.8, 4) is 0 Å². The van der Waals surface area contributed by atoms with Gasteiger partial charge in [-0.05, 0) is 28.1 Å². The molecule has 2 aromatic rings. The van der Waals surface area contributed by atoms with Crippen molar-refractivity contribution in [2.24, 2.45) is 0 Å². The van der Waals surface area contributed by atoms with Gasteiger partial charge in [0.05, 0.1) is 17.4 Å². The molecule has 0 saturated carbocycles. The normalized spacial score (nSPS) is 8.93. The van der Waals surface area contributed by atoms with Gasteiger partial charge in [-0.25, -0.2) is 0 Å². The maximum atomic E-state index is 5.60. The number of pyridine rings is 1. The third kappa shape index (κ3) is 2.50. The number of anilines is 1. The van der Waals surface area contributed by atoms with E-state index in [1.54, 1.807) is 6.20 Å². The molecule has 14 heavy (non-hydrogen) atoms. The van der Waals surface area contributed by atoms with Gasteiger partial charge in [0.1, 0.15) is 0 Å². The standard InChI is InChI=1S/C9H7BrN2.2ClH/c10-8-3-1-2-6-4-7(11)5-12-9(6)8;;/h1-5H,11H2;2*1H. The van der Waals surface area contributed by atoms with Crippen LogP contribution in [-0.2, 0) is 0 Å². The first-order chi connectivity index (χ1) is 5.77. The number of halogens is 3. The topological polar surface area (TPSA) is 38.9 Å². The summed E-state index contributed by atoms with van der Waals surface area (Å²) in [5, 5.41) is 1.06. The number of hydrogen-bond acceptors (Lipinski definition) is 2. The van der Waals surface area contributed by atoms with E-state index >= 15 is 0 Å². The molecule has 0 saturated heterocycles. The Balaban J connectivity index is 0.000000845. The predicted molar refractivity (Wildman–Crippen MR) is 68.4 cm³/mol. The lowest BCUT2D eigenvalue weighted by atomic mass is 10.2. The molecule has 0 spiro atoms. The van der Waals surface area contributed by atoms with E-state index in [0.717, 1.165) is 15.4 Å². The Morgan fingerprint density at radius 2 is 1.93 bits per heavy atom. The quantitative estimate of drug-likeness (QED) is 0.809. The molecule has 1 aromatic heterocycles. The average Bonchev–Trinajstić information content (AvgIpc) is 2.04. The fourth-order valence-electron chi connectivity index (χ4n) is 1.14. The number of nitrogens with zero attached hydrogens (tertiary/aromatic N) is 1. The van der Waals surface area contributed by atoms with Gasteiger partial charge in [-0.3, -0.25) is 4.98 Å². The first kappa shape index (κ1) is 13.5. The van der Waals surface area contributed by atoms with E-state index in [4.69, 9.17) is 5.73 Å². The Morgan fingerprint density at radius 3 is 2.64 bits per heavy atom. The third-order valence-electron chi connectivity index (χ3n) is 1.68. The van der Waals surface area contributed by atoms with Crippen molar-refractivity contribution in [1.82, 2.24) is 4.98 Å². The number of nitrogens with two attached hydrogens (primary N) is 1. The number of para-hydroxylation sites is 1. The van der Waals surface area contributed by atoms with E-state index < -0.39 is 0 Å². The molecule has 0 amide bonds. The van der Waals surface area contributed by atoms with Crippen LogP contribution < -0.4 is 5.73 Å². The van der Waals surface area contributed by atoms with Crippen molar-refractivity contribution in [3.05, 3.63) is 34.9 Å². The lowest BCUT2D eigenvalue weighted by Crippen LogP contribution is -1.87. The highest BCUT2D eigenvalue weighted by molar-refractivity contribution is 9.10. The van der Waals surface area contributed by atoms with E-state index in [-0.39, 0.29) is 24.8 Å². The van der Waals surface area contributed by atoms with Crippen LogP contribution in [0.25, 0.3) is 10.9 Å². The monoisotopic (exact) mass is 294 g/mol. The number of fused-ring (bicyclic) bond motifs is 1. The van der Waals surface area contributed by atoms with Crippen molar-refractivity contribution in [3.63, 3.8) is 0 Å². The second kappa shape index (κ2) is 5.39. The Labute approximate surface area is 103 Å². The summed E-state index contributed by atoms with van der Waals surface area (Å²) in [6.45, 7) is 0. The molecule has 0 aliphatic rings. The van der Waals surface area contributed by atoms with Gasteiger partial charge >= 0.3 is 0 Å². The molecular formula is C9H9BrCl2N2. The van der Waals surface area contributed by atoms with Crippen LogP contribution in [-0.4, -0.2) is 4.98 Å². The zero-order valence-corrected chi connectivity index (χ0v) is 10.3. The van der Waals surface area contributed by atoms with Gasteiger partial charge in [-0.15, -0.1) is 24.8 Å². The van der Waals surface area contributed by atoms with E-state index in [1.165, 1.54) is 0 Å². The second-order valence-corrected chi connectivity index (χ2v) is 3.43. The van der Waals surface area contributed by atoms with Gasteiger partial charge < -0.3 is 5.73 Å². The predicted octanol–water partition coefficient (Wildman–Crippen LogP) is 3.42. The van der Waals surface area contributed by atoms with Crippen LogP contribution in [0.2, 0.25) is 0 Å².